The van der Waals surface area contributed by atoms with E-state index in [0.717, 1.165) is 5.56 Å². The first kappa shape index (κ1) is 12.4. The molecule has 3 nitrogen and oxygen atoms in total. The van der Waals surface area contributed by atoms with Gasteiger partial charge in [0.25, 0.3) is 0 Å². The summed E-state index contributed by atoms with van der Waals surface area (Å²) >= 11 is 0. The van der Waals surface area contributed by atoms with Crippen molar-refractivity contribution in [3.05, 3.63) is 59.4 Å². The fourth-order valence-electron chi connectivity index (χ4n) is 1.85. The average molecular weight is 242 g/mol. The smallest absolute Gasteiger partial charge is 0.240 e. The lowest BCUT2D eigenvalue weighted by Crippen LogP contribution is -2.26. The number of benzene rings is 1. The first-order valence-electron chi connectivity index (χ1n) is 6.09. The second-order valence-corrected chi connectivity index (χ2v) is 4.56. The van der Waals surface area contributed by atoms with Crippen LogP contribution < -0.4 is 5.32 Å². The Labute approximate surface area is 107 Å². The largest absolute Gasteiger partial charge is 0.350 e. The molecule has 94 valence electrons. The quantitative estimate of drug-likeness (QED) is 0.877. The third kappa shape index (κ3) is 3.23. The predicted molar refractivity (Wildman–Crippen MR) is 72.2 cm³/mol. The highest BCUT2D eigenvalue weighted by atomic mass is 16.1. The van der Waals surface area contributed by atoms with Crippen molar-refractivity contribution >= 4 is 5.91 Å². The van der Waals surface area contributed by atoms with Crippen molar-refractivity contribution in [2.45, 2.75) is 26.9 Å². The Morgan fingerprint density at radius 1 is 1.11 bits per heavy atom. The summed E-state index contributed by atoms with van der Waals surface area (Å²) in [5, 5.41) is 2.92. The number of hydrogen-bond donors (Lipinski definition) is 1. The lowest BCUT2D eigenvalue weighted by atomic mass is 10.2. The van der Waals surface area contributed by atoms with Gasteiger partial charge >= 0.3 is 0 Å². The monoisotopic (exact) mass is 242 g/mol. The minimum Gasteiger partial charge on any atom is -0.350 e. The van der Waals surface area contributed by atoms with Gasteiger partial charge in [-0.1, -0.05) is 30.3 Å². The van der Waals surface area contributed by atoms with Crippen molar-refractivity contribution in [2.24, 2.45) is 0 Å². The number of nitrogens with one attached hydrogen (secondary N) is 1. The average Bonchev–Trinajstić information content (AvgIpc) is 2.67. The number of rotatable bonds is 4. The molecule has 0 atom stereocenters. The molecule has 0 spiro atoms. The lowest BCUT2D eigenvalue weighted by Gasteiger charge is -2.06. The van der Waals surface area contributed by atoms with Crippen LogP contribution in [-0.2, 0) is 17.9 Å². The Morgan fingerprint density at radius 3 is 2.33 bits per heavy atom. The zero-order valence-corrected chi connectivity index (χ0v) is 10.8. The maximum Gasteiger partial charge on any atom is 0.240 e. The second-order valence-electron chi connectivity index (χ2n) is 4.56. The maximum absolute atomic E-state index is 11.8. The van der Waals surface area contributed by atoms with E-state index in [4.69, 9.17) is 0 Å². The summed E-state index contributed by atoms with van der Waals surface area (Å²) < 4.78 is 1.92. The van der Waals surface area contributed by atoms with Crippen LogP contribution in [0.25, 0.3) is 0 Å². The van der Waals surface area contributed by atoms with Crippen molar-refractivity contribution in [1.29, 1.82) is 0 Å². The van der Waals surface area contributed by atoms with Gasteiger partial charge in [-0.2, -0.15) is 0 Å². The molecule has 18 heavy (non-hydrogen) atoms. The Balaban J connectivity index is 1.86. The van der Waals surface area contributed by atoms with Gasteiger partial charge in [0.15, 0.2) is 0 Å². The van der Waals surface area contributed by atoms with Crippen LogP contribution in [0.15, 0.2) is 42.7 Å². The van der Waals surface area contributed by atoms with E-state index < -0.39 is 0 Å². The van der Waals surface area contributed by atoms with Crippen LogP contribution >= 0.6 is 0 Å². The van der Waals surface area contributed by atoms with E-state index in [1.165, 1.54) is 11.1 Å². The molecule has 0 fully saturated rings. The molecule has 0 saturated heterocycles. The summed E-state index contributed by atoms with van der Waals surface area (Å²) in [6, 6.07) is 9.92. The molecule has 0 saturated carbocycles. The zero-order valence-electron chi connectivity index (χ0n) is 10.8. The van der Waals surface area contributed by atoms with E-state index in [0.29, 0.717) is 13.1 Å². The van der Waals surface area contributed by atoms with E-state index >= 15 is 0 Å². The number of carbonyl (C=O) groups is 1. The van der Waals surface area contributed by atoms with Crippen molar-refractivity contribution < 1.29 is 4.79 Å². The van der Waals surface area contributed by atoms with Crippen LogP contribution in [0, 0.1) is 13.8 Å². The van der Waals surface area contributed by atoms with Gasteiger partial charge in [0.05, 0.1) is 0 Å². The minimum absolute atomic E-state index is 0.0360. The van der Waals surface area contributed by atoms with Gasteiger partial charge in [-0.15, -0.1) is 0 Å². The Hall–Kier alpha value is -2.03. The number of hydrogen-bond acceptors (Lipinski definition) is 1. The fraction of sp³-hybridized carbons (Fsp3) is 0.267. The van der Waals surface area contributed by atoms with Gasteiger partial charge in [-0.25, -0.2) is 0 Å². The molecule has 0 unspecified atom stereocenters. The molecular weight excluding hydrogens is 224 g/mol. The van der Waals surface area contributed by atoms with E-state index in [2.05, 4.69) is 5.32 Å². The highest BCUT2D eigenvalue weighted by Crippen LogP contribution is 2.07. The van der Waals surface area contributed by atoms with E-state index in [1.54, 1.807) is 0 Å². The summed E-state index contributed by atoms with van der Waals surface area (Å²) in [4.78, 5) is 11.8. The molecule has 1 aromatic heterocycles. The van der Waals surface area contributed by atoms with Crippen LogP contribution in [0.3, 0.4) is 0 Å². The Bertz CT molecular complexity index is 509. The fourth-order valence-corrected chi connectivity index (χ4v) is 1.85. The Kier molecular flexibility index (Phi) is 3.82. The first-order chi connectivity index (χ1) is 8.65. The molecule has 0 bridgehead atoms. The standard InChI is InChI=1S/C15H18N2O/c1-12-9-17(10-13(12)2)11-15(18)16-8-14-6-4-3-5-7-14/h3-7,9-10H,8,11H2,1-2H3,(H,16,18). The number of aromatic nitrogens is 1. The second kappa shape index (κ2) is 5.54. The minimum atomic E-state index is 0.0360. The molecule has 0 aliphatic rings. The van der Waals surface area contributed by atoms with Crippen LogP contribution in [0.4, 0.5) is 0 Å². The summed E-state index contributed by atoms with van der Waals surface area (Å²) in [6.45, 7) is 5.06. The van der Waals surface area contributed by atoms with E-state index in [1.807, 2.05) is 61.1 Å². The number of aryl methyl sites for hydroxylation is 2. The van der Waals surface area contributed by atoms with Crippen molar-refractivity contribution in [3.8, 4) is 0 Å². The third-order valence-corrected chi connectivity index (χ3v) is 3.00. The van der Waals surface area contributed by atoms with Crippen LogP contribution in [-0.4, -0.2) is 10.5 Å². The summed E-state index contributed by atoms with van der Waals surface area (Å²) in [5.41, 5.74) is 3.54. The molecule has 1 heterocycles. The normalized spacial score (nSPS) is 10.3. The van der Waals surface area contributed by atoms with E-state index in [9.17, 15) is 4.79 Å². The molecule has 1 N–H and O–H groups in total. The predicted octanol–water partition coefficient (Wildman–Crippen LogP) is 2.42. The molecule has 0 radical (unpaired) electrons. The SMILES string of the molecule is Cc1cn(CC(=O)NCc2ccccc2)cc1C. The molecule has 2 aromatic rings. The van der Waals surface area contributed by atoms with Gasteiger partial charge in [0.2, 0.25) is 5.91 Å². The molecule has 1 amide bonds. The topological polar surface area (TPSA) is 34.0 Å². The zero-order chi connectivity index (χ0) is 13.0. The molecule has 3 heteroatoms. The number of carbonyl (C=O) groups excluding carboxylic acids is 1. The first-order valence-corrected chi connectivity index (χ1v) is 6.09. The lowest BCUT2D eigenvalue weighted by molar-refractivity contribution is -0.121. The van der Waals surface area contributed by atoms with Crippen LogP contribution in [0.5, 0.6) is 0 Å². The van der Waals surface area contributed by atoms with E-state index in [-0.39, 0.29) is 5.91 Å². The van der Waals surface area contributed by atoms with Gasteiger partial charge < -0.3 is 9.88 Å². The molecular formula is C15H18N2O. The maximum atomic E-state index is 11.8. The summed E-state index contributed by atoms with van der Waals surface area (Å²) in [5.74, 6) is 0.0360. The summed E-state index contributed by atoms with van der Waals surface area (Å²) in [6.07, 6.45) is 3.99. The van der Waals surface area contributed by atoms with Crippen molar-refractivity contribution in [3.63, 3.8) is 0 Å². The number of amides is 1. The summed E-state index contributed by atoms with van der Waals surface area (Å²) in [7, 11) is 0. The van der Waals surface area contributed by atoms with Gasteiger partial charge in [0, 0.05) is 18.9 Å². The van der Waals surface area contributed by atoms with Gasteiger partial charge in [-0.3, -0.25) is 4.79 Å². The molecule has 0 aliphatic carbocycles. The highest BCUT2D eigenvalue weighted by molar-refractivity contribution is 5.75. The van der Waals surface area contributed by atoms with Crippen LogP contribution in [0.2, 0.25) is 0 Å². The van der Waals surface area contributed by atoms with Crippen LogP contribution in [0.1, 0.15) is 16.7 Å². The number of nitrogens with zero attached hydrogens (tertiary/aromatic N) is 1. The Morgan fingerprint density at radius 2 is 1.72 bits per heavy atom. The molecule has 2 rings (SSSR count). The molecule has 1 aromatic carbocycles. The van der Waals surface area contributed by atoms with Crippen molar-refractivity contribution in [2.75, 3.05) is 0 Å². The molecule has 0 aliphatic heterocycles. The highest BCUT2D eigenvalue weighted by Gasteiger charge is 2.04. The van der Waals surface area contributed by atoms with Gasteiger partial charge in [0.1, 0.15) is 6.54 Å². The third-order valence-electron chi connectivity index (χ3n) is 3.00. The van der Waals surface area contributed by atoms with Gasteiger partial charge in [-0.05, 0) is 30.5 Å². The van der Waals surface area contributed by atoms with Crippen molar-refractivity contribution in [1.82, 2.24) is 9.88 Å².